The fourth-order valence-corrected chi connectivity index (χ4v) is 3.06. The normalized spacial score (nSPS) is 14.5. The molecule has 2 aromatic rings. The quantitative estimate of drug-likeness (QED) is 0.459. The van der Waals surface area contributed by atoms with Crippen LogP contribution in [0.4, 0.5) is 17.6 Å². The van der Waals surface area contributed by atoms with E-state index in [1.54, 1.807) is 24.3 Å². The molecule has 0 aliphatic carbocycles. The molecule has 5 nitrogen and oxygen atoms in total. The molecular formula is C20H17F4N3O2. The van der Waals surface area contributed by atoms with Crippen molar-refractivity contribution in [2.75, 3.05) is 0 Å². The maximum absolute atomic E-state index is 13.5. The van der Waals surface area contributed by atoms with Crippen LogP contribution in [0.3, 0.4) is 0 Å². The van der Waals surface area contributed by atoms with Gasteiger partial charge in [-0.1, -0.05) is 36.4 Å². The van der Waals surface area contributed by atoms with Crippen LogP contribution in [0.5, 0.6) is 0 Å². The second kappa shape index (κ2) is 7.65. The van der Waals surface area contributed by atoms with Gasteiger partial charge in [-0.3, -0.25) is 15.0 Å². The number of hydrogen-bond donors (Lipinski definition) is 2. The van der Waals surface area contributed by atoms with Crippen LogP contribution in [0.15, 0.2) is 42.5 Å². The molecule has 1 heterocycles. The van der Waals surface area contributed by atoms with E-state index in [0.29, 0.717) is 11.1 Å². The summed E-state index contributed by atoms with van der Waals surface area (Å²) in [6.45, 7) is 1.95. The van der Waals surface area contributed by atoms with Gasteiger partial charge in [0.05, 0.1) is 0 Å². The lowest BCUT2D eigenvalue weighted by Crippen LogP contribution is -2.40. The molecule has 1 aliphatic rings. The number of alkyl halides is 4. The highest BCUT2D eigenvalue weighted by molar-refractivity contribution is 6.09. The summed E-state index contributed by atoms with van der Waals surface area (Å²) in [6.07, 6.45) is -6.25. The van der Waals surface area contributed by atoms with Crippen LogP contribution < -0.4 is 5.32 Å². The summed E-state index contributed by atoms with van der Waals surface area (Å²) in [7, 11) is 0. The molecule has 0 saturated carbocycles. The third kappa shape index (κ3) is 4.44. The van der Waals surface area contributed by atoms with Gasteiger partial charge in [-0.15, -0.1) is 0 Å². The van der Waals surface area contributed by atoms with E-state index < -0.39 is 24.1 Å². The van der Waals surface area contributed by atoms with Crippen LogP contribution in [0.2, 0.25) is 0 Å². The molecule has 0 radical (unpaired) electrons. The highest BCUT2D eigenvalue weighted by Gasteiger charge is 2.39. The van der Waals surface area contributed by atoms with Gasteiger partial charge in [0.15, 0.2) is 0 Å². The Labute approximate surface area is 163 Å². The molecule has 1 aliphatic heterocycles. The number of hydrogen-bond acceptors (Lipinski definition) is 3. The number of carbonyl (C=O) groups excluding carboxylic acids is 2. The fourth-order valence-electron chi connectivity index (χ4n) is 3.06. The van der Waals surface area contributed by atoms with E-state index in [-0.39, 0.29) is 30.1 Å². The highest BCUT2D eigenvalue weighted by atomic mass is 19.4. The monoisotopic (exact) mass is 407 g/mol. The minimum Gasteiger partial charge on any atom is -0.330 e. The molecule has 9 heteroatoms. The van der Waals surface area contributed by atoms with Crippen molar-refractivity contribution >= 4 is 17.6 Å². The first kappa shape index (κ1) is 20.5. The average Bonchev–Trinajstić information content (AvgIpc) is 2.96. The van der Waals surface area contributed by atoms with Crippen LogP contribution in [-0.2, 0) is 17.9 Å². The Hall–Kier alpha value is -3.23. The molecule has 0 saturated heterocycles. The topological polar surface area (TPSA) is 73.3 Å². The Morgan fingerprint density at radius 2 is 1.97 bits per heavy atom. The number of amides is 2. The lowest BCUT2D eigenvalue weighted by molar-refractivity contribution is -0.171. The summed E-state index contributed by atoms with van der Waals surface area (Å²) >= 11 is 0. The molecule has 152 valence electrons. The van der Waals surface area contributed by atoms with E-state index in [0.717, 1.165) is 5.56 Å². The van der Waals surface area contributed by atoms with Gasteiger partial charge < -0.3 is 10.2 Å². The zero-order valence-corrected chi connectivity index (χ0v) is 15.3. The van der Waals surface area contributed by atoms with Crippen LogP contribution in [0.1, 0.15) is 45.7 Å². The molecular weight excluding hydrogens is 390 g/mol. The fraction of sp³-hybridized carbons (Fsp3) is 0.250. The highest BCUT2D eigenvalue weighted by Crippen LogP contribution is 2.27. The second-order valence-electron chi connectivity index (χ2n) is 6.72. The van der Waals surface area contributed by atoms with Crippen molar-refractivity contribution in [2.45, 2.75) is 32.4 Å². The smallest absolute Gasteiger partial charge is 0.330 e. The van der Waals surface area contributed by atoms with Crippen molar-refractivity contribution in [2.24, 2.45) is 0 Å². The molecule has 2 N–H and O–H groups in total. The van der Waals surface area contributed by atoms with Gasteiger partial charge in [0, 0.05) is 24.2 Å². The van der Waals surface area contributed by atoms with Crippen molar-refractivity contribution in [3.8, 4) is 0 Å². The SMILES string of the molecule is CC(F)c1cccc(CN2Cc3ccc(C(=N)NC(=O)C(F)(F)F)cc3C2=O)c1. The zero-order chi connectivity index (χ0) is 21.3. The maximum Gasteiger partial charge on any atom is 0.471 e. The van der Waals surface area contributed by atoms with Crippen molar-refractivity contribution < 1.29 is 27.2 Å². The molecule has 2 amide bonds. The first-order valence-corrected chi connectivity index (χ1v) is 8.68. The van der Waals surface area contributed by atoms with Gasteiger partial charge in [0.25, 0.3) is 5.91 Å². The van der Waals surface area contributed by atoms with Gasteiger partial charge in [-0.05, 0) is 29.7 Å². The Morgan fingerprint density at radius 3 is 2.62 bits per heavy atom. The second-order valence-corrected chi connectivity index (χ2v) is 6.72. The predicted octanol–water partition coefficient (Wildman–Crippen LogP) is 3.88. The molecule has 0 fully saturated rings. The maximum atomic E-state index is 13.5. The number of benzene rings is 2. The van der Waals surface area contributed by atoms with Crippen molar-refractivity contribution in [3.63, 3.8) is 0 Å². The Kier molecular flexibility index (Phi) is 5.41. The number of halogens is 4. The number of nitrogens with zero attached hydrogens (tertiary/aromatic N) is 1. The van der Waals surface area contributed by atoms with Crippen molar-refractivity contribution in [1.82, 2.24) is 10.2 Å². The summed E-state index contributed by atoms with van der Waals surface area (Å²) in [5, 5.41) is 9.14. The van der Waals surface area contributed by atoms with E-state index in [4.69, 9.17) is 5.41 Å². The van der Waals surface area contributed by atoms with E-state index in [2.05, 4.69) is 0 Å². The van der Waals surface area contributed by atoms with Crippen LogP contribution in [-0.4, -0.2) is 28.7 Å². The minimum absolute atomic E-state index is 0.00944. The molecule has 2 aromatic carbocycles. The molecule has 3 rings (SSSR count). The van der Waals surface area contributed by atoms with Crippen molar-refractivity contribution in [1.29, 1.82) is 5.41 Å². The summed E-state index contributed by atoms with van der Waals surface area (Å²) in [4.78, 5) is 25.2. The van der Waals surface area contributed by atoms with E-state index >= 15 is 0 Å². The number of nitrogens with one attached hydrogen (secondary N) is 2. The number of fused-ring (bicyclic) bond motifs is 1. The molecule has 0 spiro atoms. The van der Waals surface area contributed by atoms with Crippen molar-refractivity contribution in [3.05, 3.63) is 70.3 Å². The summed E-state index contributed by atoms with van der Waals surface area (Å²) in [5.74, 6) is -3.35. The zero-order valence-electron chi connectivity index (χ0n) is 15.3. The molecule has 0 bridgehead atoms. The summed E-state index contributed by atoms with van der Waals surface area (Å²) in [5.41, 5.74) is 2.15. The molecule has 0 aromatic heterocycles. The van der Waals surface area contributed by atoms with Crippen LogP contribution in [0.25, 0.3) is 0 Å². The van der Waals surface area contributed by atoms with Gasteiger partial charge in [-0.25, -0.2) is 4.39 Å². The summed E-state index contributed by atoms with van der Waals surface area (Å²) < 4.78 is 50.6. The van der Waals surface area contributed by atoms with Crippen LogP contribution in [0, 0.1) is 5.41 Å². The largest absolute Gasteiger partial charge is 0.471 e. The first-order valence-electron chi connectivity index (χ1n) is 8.68. The van der Waals surface area contributed by atoms with Gasteiger partial charge in [0.1, 0.15) is 12.0 Å². The van der Waals surface area contributed by atoms with Gasteiger partial charge in [-0.2, -0.15) is 13.2 Å². The predicted molar refractivity (Wildman–Crippen MR) is 97.0 cm³/mol. The average molecular weight is 407 g/mol. The minimum atomic E-state index is -5.11. The van der Waals surface area contributed by atoms with Crippen LogP contribution >= 0.6 is 0 Å². The Bertz CT molecular complexity index is 986. The number of rotatable bonds is 4. The lowest BCUT2D eigenvalue weighted by atomic mass is 10.1. The Balaban J connectivity index is 1.75. The standard InChI is InChI=1S/C20H17F4N3O2/c1-11(21)13-4-2-3-12(7-13)9-27-10-15-6-5-14(8-16(15)18(27)28)17(25)26-19(29)20(22,23)24/h2-8,11H,9-10H2,1H3,(H2,25,26,29). The molecule has 1 unspecified atom stereocenters. The molecule has 1 atom stereocenters. The van der Waals surface area contributed by atoms with E-state index in [9.17, 15) is 27.2 Å². The van der Waals surface area contributed by atoms with E-state index in [1.165, 1.54) is 35.3 Å². The van der Waals surface area contributed by atoms with Gasteiger partial charge in [0.2, 0.25) is 0 Å². The Morgan fingerprint density at radius 1 is 1.24 bits per heavy atom. The third-order valence-electron chi connectivity index (χ3n) is 4.56. The number of carbonyl (C=O) groups is 2. The van der Waals surface area contributed by atoms with E-state index in [1.807, 2.05) is 0 Å². The first-order chi connectivity index (χ1) is 13.6. The summed E-state index contributed by atoms with van der Waals surface area (Å²) in [6, 6.07) is 11.0. The van der Waals surface area contributed by atoms with Gasteiger partial charge >= 0.3 is 12.1 Å². The lowest BCUT2D eigenvalue weighted by Gasteiger charge is -2.16. The molecule has 29 heavy (non-hydrogen) atoms. The third-order valence-corrected chi connectivity index (χ3v) is 4.56. The number of amidine groups is 1.